The molecule has 2 aromatic rings. The molecule has 2 amide bonds. The molecule has 31 heavy (non-hydrogen) atoms. The Bertz CT molecular complexity index is 957. The maximum atomic E-state index is 12.7. The maximum absolute atomic E-state index is 12.7. The smallest absolute Gasteiger partial charge is 0.339 e. The van der Waals surface area contributed by atoms with Crippen LogP contribution >= 0.6 is 0 Å². The van der Waals surface area contributed by atoms with Crippen LogP contribution in [-0.4, -0.2) is 62.1 Å². The van der Waals surface area contributed by atoms with Crippen molar-refractivity contribution < 1.29 is 9.59 Å². The molecule has 0 spiro atoms. The van der Waals surface area contributed by atoms with Gasteiger partial charge in [-0.15, -0.1) is 0 Å². The molecule has 1 aromatic heterocycles. The average Bonchev–Trinajstić information content (AvgIpc) is 2.95. The normalized spacial score (nSPS) is 16.6. The molecule has 1 aromatic carbocycles. The lowest BCUT2D eigenvalue weighted by Crippen LogP contribution is -2.51. The van der Waals surface area contributed by atoms with Gasteiger partial charge in [-0.3, -0.25) is 14.2 Å². The van der Waals surface area contributed by atoms with Gasteiger partial charge in [0.1, 0.15) is 12.4 Å². The van der Waals surface area contributed by atoms with Crippen LogP contribution in [-0.2, 0) is 35.5 Å². The fraction of sp³-hybridized carbons (Fsp3) is 0.565. The van der Waals surface area contributed by atoms with E-state index in [1.165, 1.54) is 10.2 Å². The van der Waals surface area contributed by atoms with E-state index >= 15 is 0 Å². The Labute approximate surface area is 182 Å². The minimum Gasteiger partial charge on any atom is -0.339 e. The van der Waals surface area contributed by atoms with Gasteiger partial charge < -0.3 is 9.80 Å². The van der Waals surface area contributed by atoms with E-state index in [4.69, 9.17) is 0 Å². The van der Waals surface area contributed by atoms with E-state index in [0.717, 1.165) is 44.3 Å². The summed E-state index contributed by atoms with van der Waals surface area (Å²) in [5.41, 5.74) is 1.06. The minimum atomic E-state index is -0.183. The van der Waals surface area contributed by atoms with Crippen molar-refractivity contribution in [2.24, 2.45) is 0 Å². The van der Waals surface area contributed by atoms with Crippen LogP contribution in [0, 0.1) is 0 Å². The molecule has 2 aliphatic rings. The zero-order chi connectivity index (χ0) is 21.6. The minimum absolute atomic E-state index is 0.0240. The number of aryl methyl sites for hydroxylation is 2. The molecule has 0 radical (unpaired) electrons. The van der Waals surface area contributed by atoms with E-state index in [0.29, 0.717) is 39.1 Å². The van der Waals surface area contributed by atoms with Crippen LogP contribution in [0.15, 0.2) is 35.1 Å². The Morgan fingerprint density at radius 3 is 2.32 bits per heavy atom. The summed E-state index contributed by atoms with van der Waals surface area (Å²) in [5.74, 6) is 0.838. The average molecular weight is 426 g/mol. The maximum Gasteiger partial charge on any atom is 0.346 e. The molecule has 0 saturated carbocycles. The Balaban J connectivity index is 1.23. The molecule has 166 valence electrons. The van der Waals surface area contributed by atoms with Crippen LogP contribution in [0.25, 0.3) is 0 Å². The van der Waals surface area contributed by atoms with Crippen LogP contribution < -0.4 is 5.69 Å². The number of rotatable bonds is 6. The lowest BCUT2D eigenvalue weighted by atomic mass is 10.1. The monoisotopic (exact) mass is 425 g/mol. The number of amides is 2. The third-order valence-corrected chi connectivity index (χ3v) is 6.25. The van der Waals surface area contributed by atoms with Gasteiger partial charge in [0.2, 0.25) is 11.8 Å². The number of aromatic nitrogens is 3. The van der Waals surface area contributed by atoms with Crippen molar-refractivity contribution in [2.75, 3.05) is 26.2 Å². The Morgan fingerprint density at radius 2 is 1.58 bits per heavy atom. The number of nitrogens with zero attached hydrogens (tertiary/aromatic N) is 5. The first kappa shape index (κ1) is 21.3. The molecule has 0 bridgehead atoms. The molecule has 0 unspecified atom stereocenters. The van der Waals surface area contributed by atoms with Gasteiger partial charge in [-0.1, -0.05) is 36.8 Å². The predicted molar refractivity (Wildman–Crippen MR) is 117 cm³/mol. The standard InChI is InChI=1S/C23H31N5O3/c29-21(12-7-10-19-8-3-1-4-9-19)25-14-16-26(17-15-25)22(30)18-28-23(31)27-13-6-2-5-11-20(27)24-28/h1,3-4,8-9H,2,5-7,10-18H2. The number of fused-ring (bicyclic) bond motifs is 1. The molecule has 2 aliphatic heterocycles. The quantitative estimate of drug-likeness (QED) is 0.702. The molecule has 0 atom stereocenters. The third-order valence-electron chi connectivity index (χ3n) is 6.25. The summed E-state index contributed by atoms with van der Waals surface area (Å²) in [4.78, 5) is 41.4. The Hall–Kier alpha value is -2.90. The largest absolute Gasteiger partial charge is 0.346 e. The number of piperazine rings is 1. The molecule has 4 rings (SSSR count). The summed E-state index contributed by atoms with van der Waals surface area (Å²) in [5, 5.41) is 4.40. The molecule has 8 heteroatoms. The van der Waals surface area contributed by atoms with Crippen LogP contribution in [0.4, 0.5) is 0 Å². The summed E-state index contributed by atoms with van der Waals surface area (Å²) in [6.07, 6.45) is 6.17. The van der Waals surface area contributed by atoms with E-state index in [9.17, 15) is 14.4 Å². The van der Waals surface area contributed by atoms with Crippen LogP contribution in [0.2, 0.25) is 0 Å². The van der Waals surface area contributed by atoms with Gasteiger partial charge in [0, 0.05) is 45.6 Å². The highest BCUT2D eigenvalue weighted by atomic mass is 16.2. The highest BCUT2D eigenvalue weighted by molar-refractivity contribution is 5.78. The zero-order valence-corrected chi connectivity index (χ0v) is 18.0. The molecular weight excluding hydrogens is 394 g/mol. The van der Waals surface area contributed by atoms with Gasteiger partial charge in [0.25, 0.3) is 0 Å². The van der Waals surface area contributed by atoms with Crippen molar-refractivity contribution in [3.63, 3.8) is 0 Å². The molecule has 8 nitrogen and oxygen atoms in total. The van der Waals surface area contributed by atoms with Crippen LogP contribution in [0.3, 0.4) is 0 Å². The second-order valence-corrected chi connectivity index (χ2v) is 8.42. The Kier molecular flexibility index (Phi) is 6.84. The number of hydrogen-bond acceptors (Lipinski definition) is 4. The third kappa shape index (κ3) is 5.24. The molecule has 3 heterocycles. The number of benzene rings is 1. The summed E-state index contributed by atoms with van der Waals surface area (Å²) in [6, 6.07) is 10.2. The van der Waals surface area contributed by atoms with Gasteiger partial charge in [-0.05, 0) is 31.2 Å². The molecule has 1 fully saturated rings. The fourth-order valence-corrected chi connectivity index (χ4v) is 4.41. The fourth-order valence-electron chi connectivity index (χ4n) is 4.41. The lowest BCUT2D eigenvalue weighted by Gasteiger charge is -2.34. The van der Waals surface area contributed by atoms with Gasteiger partial charge >= 0.3 is 5.69 Å². The number of carbonyl (C=O) groups is 2. The van der Waals surface area contributed by atoms with E-state index in [2.05, 4.69) is 17.2 Å². The second-order valence-electron chi connectivity index (χ2n) is 8.42. The van der Waals surface area contributed by atoms with E-state index < -0.39 is 0 Å². The molecular formula is C23H31N5O3. The summed E-state index contributed by atoms with van der Waals surface area (Å²) in [7, 11) is 0. The van der Waals surface area contributed by atoms with Crippen molar-refractivity contribution >= 4 is 11.8 Å². The first-order chi connectivity index (χ1) is 15.1. The SMILES string of the molecule is O=C(CCCc1ccccc1)N1CCN(C(=O)Cn2nc3n(c2=O)CCCCC3)CC1. The summed E-state index contributed by atoms with van der Waals surface area (Å²) in [6.45, 7) is 2.77. The first-order valence-corrected chi connectivity index (χ1v) is 11.4. The number of carbonyl (C=O) groups excluding carboxylic acids is 2. The topological polar surface area (TPSA) is 80.4 Å². The van der Waals surface area contributed by atoms with Gasteiger partial charge in [-0.2, -0.15) is 5.10 Å². The van der Waals surface area contributed by atoms with Crippen molar-refractivity contribution in [3.05, 3.63) is 52.2 Å². The molecule has 0 N–H and O–H groups in total. The van der Waals surface area contributed by atoms with Gasteiger partial charge in [0.15, 0.2) is 0 Å². The van der Waals surface area contributed by atoms with Crippen molar-refractivity contribution in [2.45, 2.75) is 58.0 Å². The van der Waals surface area contributed by atoms with Crippen LogP contribution in [0.5, 0.6) is 0 Å². The van der Waals surface area contributed by atoms with Crippen LogP contribution in [0.1, 0.15) is 43.5 Å². The first-order valence-electron chi connectivity index (χ1n) is 11.4. The van der Waals surface area contributed by atoms with E-state index in [1.54, 1.807) is 9.47 Å². The summed E-state index contributed by atoms with van der Waals surface area (Å²) >= 11 is 0. The highest BCUT2D eigenvalue weighted by Crippen LogP contribution is 2.11. The molecule has 0 aliphatic carbocycles. The zero-order valence-electron chi connectivity index (χ0n) is 18.0. The summed E-state index contributed by atoms with van der Waals surface area (Å²) < 4.78 is 3.02. The second kappa shape index (κ2) is 9.94. The van der Waals surface area contributed by atoms with Crippen molar-refractivity contribution in [1.82, 2.24) is 24.1 Å². The van der Waals surface area contributed by atoms with E-state index in [-0.39, 0.29) is 24.0 Å². The van der Waals surface area contributed by atoms with Crippen molar-refractivity contribution in [3.8, 4) is 0 Å². The van der Waals surface area contributed by atoms with E-state index in [1.807, 2.05) is 23.1 Å². The highest BCUT2D eigenvalue weighted by Gasteiger charge is 2.25. The number of hydrogen-bond donors (Lipinski definition) is 0. The lowest BCUT2D eigenvalue weighted by molar-refractivity contribution is -0.140. The molecule has 1 saturated heterocycles. The van der Waals surface area contributed by atoms with Gasteiger partial charge in [0.05, 0.1) is 0 Å². The van der Waals surface area contributed by atoms with Crippen molar-refractivity contribution in [1.29, 1.82) is 0 Å². The van der Waals surface area contributed by atoms with Gasteiger partial charge in [-0.25, -0.2) is 9.48 Å². The predicted octanol–water partition coefficient (Wildman–Crippen LogP) is 1.46. The Morgan fingerprint density at radius 1 is 0.871 bits per heavy atom.